The van der Waals surface area contributed by atoms with E-state index in [1.54, 1.807) is 7.11 Å². The van der Waals surface area contributed by atoms with Crippen LogP contribution >= 0.6 is 0 Å². The fraction of sp³-hybridized carbons (Fsp3) is 0.222. The molecular formula is C9H13N3O. The van der Waals surface area contributed by atoms with Gasteiger partial charge in [0.25, 0.3) is 0 Å². The normalized spacial score (nSPS) is 11.3. The Morgan fingerprint density at radius 2 is 2.31 bits per heavy atom. The summed E-state index contributed by atoms with van der Waals surface area (Å²) < 4.78 is 5.06. The first kappa shape index (κ1) is 9.38. The second-order valence-electron chi connectivity index (χ2n) is 2.65. The first-order valence-electron chi connectivity index (χ1n) is 3.91. The number of benzene rings is 1. The molecule has 0 amide bonds. The molecule has 0 spiro atoms. The molecule has 13 heavy (non-hydrogen) atoms. The molecule has 4 heteroatoms. The van der Waals surface area contributed by atoms with Crippen molar-refractivity contribution in [2.75, 3.05) is 7.11 Å². The first-order chi connectivity index (χ1) is 6.26. The largest absolute Gasteiger partial charge is 0.497 e. The van der Waals surface area contributed by atoms with Crippen LogP contribution in [0, 0.1) is 0 Å². The van der Waals surface area contributed by atoms with Gasteiger partial charge in [-0.05, 0) is 17.7 Å². The summed E-state index contributed by atoms with van der Waals surface area (Å²) in [7, 11) is 1.62. The monoisotopic (exact) mass is 179 g/mol. The molecule has 0 heterocycles. The molecule has 4 nitrogen and oxygen atoms in total. The fourth-order valence-electron chi connectivity index (χ4n) is 1.04. The van der Waals surface area contributed by atoms with Crippen molar-refractivity contribution < 1.29 is 4.74 Å². The average Bonchev–Trinajstić information content (AvgIpc) is 2.18. The lowest BCUT2D eigenvalue weighted by Crippen LogP contribution is -2.16. The van der Waals surface area contributed by atoms with Gasteiger partial charge in [0.05, 0.1) is 7.11 Å². The molecule has 0 aliphatic carbocycles. The van der Waals surface area contributed by atoms with Crippen LogP contribution in [0.25, 0.3) is 0 Å². The van der Waals surface area contributed by atoms with Crippen LogP contribution in [0.1, 0.15) is 5.56 Å². The molecule has 0 unspecified atom stereocenters. The summed E-state index contributed by atoms with van der Waals surface area (Å²) in [4.78, 5) is 0. The maximum atomic E-state index is 5.48. The van der Waals surface area contributed by atoms with Gasteiger partial charge in [-0.2, -0.15) is 5.10 Å². The minimum absolute atomic E-state index is 0.410. The van der Waals surface area contributed by atoms with Crippen LogP contribution in [0.5, 0.6) is 5.75 Å². The number of nitrogens with zero attached hydrogens (tertiary/aromatic N) is 1. The number of hydrazone groups is 1. The Morgan fingerprint density at radius 3 is 2.92 bits per heavy atom. The highest BCUT2D eigenvalue weighted by Gasteiger charge is 1.97. The van der Waals surface area contributed by atoms with Crippen molar-refractivity contribution in [2.24, 2.45) is 16.7 Å². The fourth-order valence-corrected chi connectivity index (χ4v) is 1.04. The van der Waals surface area contributed by atoms with Crippen molar-refractivity contribution in [2.45, 2.75) is 6.42 Å². The summed E-state index contributed by atoms with van der Waals surface area (Å²) in [5, 5.41) is 3.39. The summed E-state index contributed by atoms with van der Waals surface area (Å²) in [5.41, 5.74) is 6.51. The zero-order valence-corrected chi connectivity index (χ0v) is 7.53. The molecule has 0 bridgehead atoms. The summed E-state index contributed by atoms with van der Waals surface area (Å²) in [6.45, 7) is 0. The molecule has 0 aliphatic rings. The molecule has 70 valence electrons. The quantitative estimate of drug-likeness (QED) is 0.306. The summed E-state index contributed by atoms with van der Waals surface area (Å²) in [5.74, 6) is 6.24. The van der Waals surface area contributed by atoms with Gasteiger partial charge >= 0.3 is 0 Å². The van der Waals surface area contributed by atoms with Gasteiger partial charge in [-0.3, -0.25) is 0 Å². The van der Waals surface area contributed by atoms with Gasteiger partial charge in [-0.1, -0.05) is 12.1 Å². The molecule has 0 saturated carbocycles. The minimum Gasteiger partial charge on any atom is -0.497 e. The lowest BCUT2D eigenvalue weighted by atomic mass is 10.1. The lowest BCUT2D eigenvalue weighted by molar-refractivity contribution is 0.414. The predicted octanol–water partition coefficient (Wildman–Crippen LogP) is 0.469. The van der Waals surface area contributed by atoms with E-state index in [0.29, 0.717) is 12.3 Å². The van der Waals surface area contributed by atoms with E-state index in [2.05, 4.69) is 5.10 Å². The van der Waals surface area contributed by atoms with Gasteiger partial charge in [0.1, 0.15) is 11.6 Å². The highest BCUT2D eigenvalue weighted by Crippen LogP contribution is 2.12. The Hall–Kier alpha value is -1.71. The Kier molecular flexibility index (Phi) is 3.14. The van der Waals surface area contributed by atoms with E-state index in [-0.39, 0.29) is 0 Å². The van der Waals surface area contributed by atoms with Crippen LogP contribution in [0.4, 0.5) is 0 Å². The molecule has 1 aromatic rings. The van der Waals surface area contributed by atoms with Crippen molar-refractivity contribution in [3.8, 4) is 5.75 Å². The second-order valence-corrected chi connectivity index (χ2v) is 2.65. The highest BCUT2D eigenvalue weighted by atomic mass is 16.5. The van der Waals surface area contributed by atoms with Crippen molar-refractivity contribution in [1.29, 1.82) is 0 Å². The Morgan fingerprint density at radius 1 is 1.54 bits per heavy atom. The molecular weight excluding hydrogens is 166 g/mol. The number of hydrogen-bond acceptors (Lipinski definition) is 3. The zero-order chi connectivity index (χ0) is 9.68. The summed E-state index contributed by atoms with van der Waals surface area (Å²) >= 11 is 0. The molecule has 0 saturated heterocycles. The van der Waals surface area contributed by atoms with E-state index in [0.717, 1.165) is 11.3 Å². The Balaban J connectivity index is 2.77. The second kappa shape index (κ2) is 4.35. The van der Waals surface area contributed by atoms with E-state index < -0.39 is 0 Å². The van der Waals surface area contributed by atoms with E-state index in [1.165, 1.54) is 0 Å². The van der Waals surface area contributed by atoms with Crippen LogP contribution in [-0.2, 0) is 6.42 Å². The third-order valence-corrected chi connectivity index (χ3v) is 1.69. The van der Waals surface area contributed by atoms with Crippen molar-refractivity contribution in [3.63, 3.8) is 0 Å². The third-order valence-electron chi connectivity index (χ3n) is 1.69. The average molecular weight is 179 g/mol. The minimum atomic E-state index is 0.410. The number of amidine groups is 1. The SMILES string of the molecule is COc1cccc(CC(N)=NN)c1. The number of hydrogen-bond donors (Lipinski definition) is 2. The molecule has 0 fully saturated rings. The predicted molar refractivity (Wildman–Crippen MR) is 52.5 cm³/mol. The summed E-state index contributed by atoms with van der Waals surface area (Å²) in [6, 6.07) is 7.62. The maximum Gasteiger partial charge on any atom is 0.123 e. The first-order valence-corrected chi connectivity index (χ1v) is 3.91. The number of ether oxygens (including phenoxy) is 1. The van der Waals surface area contributed by atoms with Gasteiger partial charge in [0.2, 0.25) is 0 Å². The van der Waals surface area contributed by atoms with Crippen molar-refractivity contribution in [3.05, 3.63) is 29.8 Å². The standard InChI is InChI=1S/C9H13N3O/c1-13-8-4-2-3-7(5-8)6-9(10)12-11/h2-5H,6,11H2,1H3,(H2,10,12). The number of rotatable bonds is 3. The van der Waals surface area contributed by atoms with E-state index in [9.17, 15) is 0 Å². The highest BCUT2D eigenvalue weighted by molar-refractivity contribution is 5.82. The third kappa shape index (κ3) is 2.66. The number of nitrogens with two attached hydrogens (primary N) is 2. The molecule has 0 radical (unpaired) electrons. The molecule has 0 atom stereocenters. The maximum absolute atomic E-state index is 5.48. The van der Waals surface area contributed by atoms with Crippen LogP contribution in [-0.4, -0.2) is 12.9 Å². The van der Waals surface area contributed by atoms with Gasteiger partial charge in [-0.15, -0.1) is 0 Å². The molecule has 4 N–H and O–H groups in total. The summed E-state index contributed by atoms with van der Waals surface area (Å²) in [6.07, 6.45) is 0.549. The van der Waals surface area contributed by atoms with Crippen molar-refractivity contribution >= 4 is 5.84 Å². The lowest BCUT2D eigenvalue weighted by Gasteiger charge is -2.03. The van der Waals surface area contributed by atoms with E-state index in [1.807, 2.05) is 24.3 Å². The van der Waals surface area contributed by atoms with E-state index in [4.69, 9.17) is 16.3 Å². The molecule has 1 aromatic carbocycles. The van der Waals surface area contributed by atoms with E-state index >= 15 is 0 Å². The topological polar surface area (TPSA) is 73.6 Å². The zero-order valence-electron chi connectivity index (χ0n) is 7.53. The molecule has 0 aliphatic heterocycles. The van der Waals surface area contributed by atoms with Crippen LogP contribution in [0.2, 0.25) is 0 Å². The molecule has 0 aromatic heterocycles. The number of methoxy groups -OCH3 is 1. The van der Waals surface area contributed by atoms with Gasteiger partial charge in [0.15, 0.2) is 0 Å². The van der Waals surface area contributed by atoms with Gasteiger partial charge in [-0.25, -0.2) is 0 Å². The molecule has 1 rings (SSSR count). The van der Waals surface area contributed by atoms with Crippen LogP contribution in [0.15, 0.2) is 29.4 Å². The van der Waals surface area contributed by atoms with Crippen LogP contribution in [0.3, 0.4) is 0 Å². The Labute approximate surface area is 77.2 Å². The smallest absolute Gasteiger partial charge is 0.123 e. The van der Waals surface area contributed by atoms with Gasteiger partial charge < -0.3 is 16.3 Å². The van der Waals surface area contributed by atoms with Crippen LogP contribution < -0.4 is 16.3 Å². The van der Waals surface area contributed by atoms with Crippen molar-refractivity contribution in [1.82, 2.24) is 0 Å². The van der Waals surface area contributed by atoms with Gasteiger partial charge in [0, 0.05) is 6.42 Å². The Bertz CT molecular complexity index is 309.